The number of rotatable bonds is 2. The highest BCUT2D eigenvalue weighted by molar-refractivity contribution is 6.00. The number of halogens is 3. The predicted octanol–water partition coefficient (Wildman–Crippen LogP) is 3.05. The van der Waals surface area contributed by atoms with E-state index >= 15 is 0 Å². The summed E-state index contributed by atoms with van der Waals surface area (Å²) in [6, 6.07) is 8.25. The van der Waals surface area contributed by atoms with Crippen molar-refractivity contribution in [2.75, 3.05) is 5.73 Å². The largest absolute Gasteiger partial charge is 0.478 e. The van der Waals surface area contributed by atoms with E-state index in [0.717, 1.165) is 0 Å². The van der Waals surface area contributed by atoms with Crippen LogP contribution in [-0.2, 0) is 6.18 Å². The first-order valence-electron chi connectivity index (χ1n) is 5.47. The molecule has 104 valence electrons. The standard InChI is InChI=1S/C13H9F3N2O2/c14-13(15,16)9-6-8(17)10(12(19)20)11(18-9)7-4-2-1-3-5-7/h1-6H,(H2,17,18)(H,19,20). The average molecular weight is 282 g/mol. The van der Waals surface area contributed by atoms with E-state index in [1.807, 2.05) is 0 Å². The summed E-state index contributed by atoms with van der Waals surface area (Å²) in [4.78, 5) is 14.6. The van der Waals surface area contributed by atoms with Crippen molar-refractivity contribution < 1.29 is 23.1 Å². The van der Waals surface area contributed by atoms with Crippen molar-refractivity contribution in [3.05, 3.63) is 47.7 Å². The van der Waals surface area contributed by atoms with Gasteiger partial charge in [-0.1, -0.05) is 30.3 Å². The Kier molecular flexibility index (Phi) is 3.35. The van der Waals surface area contributed by atoms with Crippen LogP contribution in [0.3, 0.4) is 0 Å². The van der Waals surface area contributed by atoms with Gasteiger partial charge in [-0.2, -0.15) is 13.2 Å². The number of anilines is 1. The molecule has 3 N–H and O–H groups in total. The average Bonchev–Trinajstić information content (AvgIpc) is 2.37. The van der Waals surface area contributed by atoms with Crippen molar-refractivity contribution in [1.29, 1.82) is 0 Å². The number of carboxylic acid groups (broad SMARTS) is 1. The van der Waals surface area contributed by atoms with Gasteiger partial charge in [-0.15, -0.1) is 0 Å². The number of carbonyl (C=O) groups is 1. The Labute approximate surface area is 111 Å². The monoisotopic (exact) mass is 282 g/mol. The highest BCUT2D eigenvalue weighted by Crippen LogP contribution is 2.34. The van der Waals surface area contributed by atoms with Crippen molar-refractivity contribution in [3.8, 4) is 11.3 Å². The van der Waals surface area contributed by atoms with Crippen LogP contribution >= 0.6 is 0 Å². The molecule has 20 heavy (non-hydrogen) atoms. The molecule has 0 radical (unpaired) electrons. The molecule has 0 saturated carbocycles. The van der Waals surface area contributed by atoms with Crippen LogP contribution in [0.15, 0.2) is 36.4 Å². The molecular weight excluding hydrogens is 273 g/mol. The minimum Gasteiger partial charge on any atom is -0.478 e. The zero-order valence-corrected chi connectivity index (χ0v) is 9.98. The van der Waals surface area contributed by atoms with E-state index < -0.39 is 29.1 Å². The number of benzene rings is 1. The van der Waals surface area contributed by atoms with E-state index in [0.29, 0.717) is 6.07 Å². The van der Waals surface area contributed by atoms with Crippen molar-refractivity contribution >= 4 is 11.7 Å². The van der Waals surface area contributed by atoms with E-state index in [-0.39, 0.29) is 11.3 Å². The third-order valence-corrected chi connectivity index (χ3v) is 2.60. The normalized spacial score (nSPS) is 11.3. The van der Waals surface area contributed by atoms with Gasteiger partial charge >= 0.3 is 12.1 Å². The molecule has 0 unspecified atom stereocenters. The number of hydrogen-bond donors (Lipinski definition) is 2. The first kappa shape index (κ1) is 13.9. The highest BCUT2D eigenvalue weighted by Gasteiger charge is 2.35. The van der Waals surface area contributed by atoms with Gasteiger partial charge in [0.1, 0.15) is 11.3 Å². The SMILES string of the molecule is Nc1cc(C(F)(F)F)nc(-c2ccccc2)c1C(=O)O. The third-order valence-electron chi connectivity index (χ3n) is 2.60. The molecule has 0 amide bonds. The summed E-state index contributed by atoms with van der Waals surface area (Å²) in [7, 11) is 0. The van der Waals surface area contributed by atoms with E-state index in [9.17, 15) is 18.0 Å². The molecule has 0 saturated heterocycles. The minimum absolute atomic E-state index is 0.253. The molecule has 1 aromatic carbocycles. The molecule has 2 rings (SSSR count). The van der Waals surface area contributed by atoms with Gasteiger partial charge in [0, 0.05) is 5.56 Å². The van der Waals surface area contributed by atoms with Gasteiger partial charge in [-0.25, -0.2) is 9.78 Å². The van der Waals surface area contributed by atoms with Crippen molar-refractivity contribution in [1.82, 2.24) is 4.98 Å². The molecule has 0 fully saturated rings. The molecule has 0 aliphatic carbocycles. The highest BCUT2D eigenvalue weighted by atomic mass is 19.4. The smallest absolute Gasteiger partial charge is 0.433 e. The van der Waals surface area contributed by atoms with Gasteiger partial charge in [-0.05, 0) is 6.07 Å². The lowest BCUT2D eigenvalue weighted by molar-refractivity contribution is -0.141. The zero-order valence-electron chi connectivity index (χ0n) is 9.98. The van der Waals surface area contributed by atoms with Gasteiger partial charge in [0.2, 0.25) is 0 Å². The summed E-state index contributed by atoms with van der Waals surface area (Å²) < 4.78 is 38.2. The van der Waals surface area contributed by atoms with E-state index in [4.69, 9.17) is 10.8 Å². The lowest BCUT2D eigenvalue weighted by atomic mass is 10.0. The summed E-state index contributed by atoms with van der Waals surface area (Å²) in [6.45, 7) is 0. The first-order chi connectivity index (χ1) is 9.30. The van der Waals surface area contributed by atoms with E-state index in [2.05, 4.69) is 4.98 Å². The van der Waals surface area contributed by atoms with Crippen molar-refractivity contribution in [3.63, 3.8) is 0 Å². The Hall–Kier alpha value is -2.57. The molecule has 7 heteroatoms. The molecule has 1 heterocycles. The summed E-state index contributed by atoms with van der Waals surface area (Å²) in [6.07, 6.45) is -4.70. The van der Waals surface area contributed by atoms with Gasteiger partial charge in [0.05, 0.1) is 11.4 Å². The maximum Gasteiger partial charge on any atom is 0.433 e. The molecule has 0 bridgehead atoms. The Morgan fingerprint density at radius 2 is 1.80 bits per heavy atom. The fraction of sp³-hybridized carbons (Fsp3) is 0.0769. The van der Waals surface area contributed by atoms with Crippen LogP contribution in [0, 0.1) is 0 Å². The second-order valence-corrected chi connectivity index (χ2v) is 3.99. The van der Waals surface area contributed by atoms with Crippen LogP contribution in [0.4, 0.5) is 18.9 Å². The predicted molar refractivity (Wildman–Crippen MR) is 66.0 cm³/mol. The fourth-order valence-electron chi connectivity index (χ4n) is 1.74. The van der Waals surface area contributed by atoms with Crippen LogP contribution in [0.2, 0.25) is 0 Å². The van der Waals surface area contributed by atoms with Gasteiger partial charge in [0.15, 0.2) is 0 Å². The molecule has 0 atom stereocenters. The Bertz CT molecular complexity index is 655. The summed E-state index contributed by atoms with van der Waals surface area (Å²) >= 11 is 0. The Morgan fingerprint density at radius 3 is 2.30 bits per heavy atom. The second kappa shape index (κ2) is 4.84. The van der Waals surface area contributed by atoms with Gasteiger partial charge in [-0.3, -0.25) is 0 Å². The maximum atomic E-state index is 12.7. The molecule has 1 aromatic heterocycles. The number of pyridine rings is 1. The number of nitrogen functional groups attached to an aromatic ring is 1. The minimum atomic E-state index is -4.70. The van der Waals surface area contributed by atoms with Gasteiger partial charge < -0.3 is 10.8 Å². The fourth-order valence-corrected chi connectivity index (χ4v) is 1.74. The van der Waals surface area contributed by atoms with Crippen LogP contribution in [0.1, 0.15) is 16.1 Å². The summed E-state index contributed by atoms with van der Waals surface area (Å²) in [5, 5.41) is 9.10. The van der Waals surface area contributed by atoms with E-state index in [1.54, 1.807) is 18.2 Å². The number of alkyl halides is 3. The summed E-state index contributed by atoms with van der Waals surface area (Å²) in [5.74, 6) is -1.43. The van der Waals surface area contributed by atoms with E-state index in [1.165, 1.54) is 12.1 Å². The third kappa shape index (κ3) is 2.56. The zero-order chi connectivity index (χ0) is 14.9. The Morgan fingerprint density at radius 1 is 1.20 bits per heavy atom. The first-order valence-corrected chi connectivity index (χ1v) is 5.47. The molecule has 0 aliphatic rings. The van der Waals surface area contributed by atoms with Crippen LogP contribution in [0.25, 0.3) is 11.3 Å². The number of aromatic nitrogens is 1. The molecule has 0 aliphatic heterocycles. The number of nitrogens with zero attached hydrogens (tertiary/aromatic N) is 1. The quantitative estimate of drug-likeness (QED) is 0.887. The molecule has 0 spiro atoms. The lowest BCUT2D eigenvalue weighted by Gasteiger charge is -2.13. The molecule has 2 aromatic rings. The van der Waals surface area contributed by atoms with Gasteiger partial charge in [0.25, 0.3) is 0 Å². The Balaban J connectivity index is 2.75. The van der Waals surface area contributed by atoms with Crippen LogP contribution < -0.4 is 5.73 Å². The number of nitrogens with two attached hydrogens (primary N) is 1. The van der Waals surface area contributed by atoms with Crippen molar-refractivity contribution in [2.24, 2.45) is 0 Å². The summed E-state index contributed by atoms with van der Waals surface area (Å²) in [5.41, 5.74) is 3.25. The molecular formula is C13H9F3N2O2. The lowest BCUT2D eigenvalue weighted by Crippen LogP contribution is -2.14. The van der Waals surface area contributed by atoms with Crippen LogP contribution in [0.5, 0.6) is 0 Å². The molecule has 4 nitrogen and oxygen atoms in total. The topological polar surface area (TPSA) is 76.2 Å². The number of carboxylic acids is 1. The second-order valence-electron chi connectivity index (χ2n) is 3.99. The number of aromatic carboxylic acids is 1. The van der Waals surface area contributed by atoms with Crippen LogP contribution in [-0.4, -0.2) is 16.1 Å². The van der Waals surface area contributed by atoms with Crippen molar-refractivity contribution in [2.45, 2.75) is 6.18 Å². The maximum absolute atomic E-state index is 12.7. The number of hydrogen-bond acceptors (Lipinski definition) is 3.